The number of benzene rings is 1. The maximum atomic E-state index is 13.6. The molecule has 0 saturated heterocycles. The van der Waals surface area contributed by atoms with Gasteiger partial charge in [-0.3, -0.25) is 0 Å². The van der Waals surface area contributed by atoms with Crippen molar-refractivity contribution in [1.29, 1.82) is 0 Å². The monoisotopic (exact) mass is 315 g/mol. The molecule has 0 atom stereocenters. The normalized spacial score (nSPS) is 16.6. The summed E-state index contributed by atoms with van der Waals surface area (Å²) >= 11 is 0. The van der Waals surface area contributed by atoms with E-state index in [1.165, 1.54) is 13.2 Å². The van der Waals surface area contributed by atoms with Crippen LogP contribution in [-0.4, -0.2) is 13.2 Å². The Kier molecular flexibility index (Phi) is 5.05. The first-order valence-electron chi connectivity index (χ1n) is 5.65. The number of ether oxygens (including phenoxy) is 1. The summed E-state index contributed by atoms with van der Waals surface area (Å²) in [7, 11) is 1.43. The fourth-order valence-corrected chi connectivity index (χ4v) is 2.57. The second kappa shape index (κ2) is 6.12. The molecule has 0 bridgehead atoms. The zero-order valence-corrected chi connectivity index (χ0v) is 11.8. The van der Waals surface area contributed by atoms with Gasteiger partial charge in [-0.2, -0.15) is 4.99 Å². The molecule has 0 aromatic heterocycles. The summed E-state index contributed by atoms with van der Waals surface area (Å²) in [6, 6.07) is 4.73. The molecule has 1 aromatic rings. The summed E-state index contributed by atoms with van der Waals surface area (Å²) in [5.74, 6) is -0.231. The molecule has 0 radical (unpaired) electrons. The third-order valence-corrected chi connectivity index (χ3v) is 3.36. The lowest BCUT2D eigenvalue weighted by molar-refractivity contribution is 0.357. The van der Waals surface area contributed by atoms with Gasteiger partial charge in [-0.05, 0) is 18.9 Å². The lowest BCUT2D eigenvalue weighted by atomic mass is 9.88. The zero-order valence-electron chi connectivity index (χ0n) is 10.1. The number of nitrogens with zero attached hydrogens (tertiary/aromatic N) is 1. The molecule has 5 heteroatoms. The minimum Gasteiger partial charge on any atom is -0.493 e. The van der Waals surface area contributed by atoms with Gasteiger partial charge in [0.15, 0.2) is 11.6 Å². The number of hydrogen-bond donors (Lipinski definition) is 0. The Hall–Kier alpha value is -1.19. The average molecular weight is 316 g/mol. The van der Waals surface area contributed by atoms with E-state index in [0.29, 0.717) is 5.56 Å². The first-order valence-corrected chi connectivity index (χ1v) is 5.65. The highest BCUT2D eigenvalue weighted by Gasteiger charge is 2.38. The molecule has 3 nitrogen and oxygen atoms in total. The largest absolute Gasteiger partial charge is 0.493 e. The van der Waals surface area contributed by atoms with Gasteiger partial charge in [0.25, 0.3) is 0 Å². The predicted octanol–water partition coefficient (Wildman–Crippen LogP) is 3.52. The third kappa shape index (κ3) is 2.47. The van der Waals surface area contributed by atoms with E-state index >= 15 is 0 Å². The summed E-state index contributed by atoms with van der Waals surface area (Å²) in [5, 5.41) is 0. The molecule has 0 spiro atoms. The van der Waals surface area contributed by atoms with E-state index in [9.17, 15) is 9.18 Å². The van der Waals surface area contributed by atoms with Crippen LogP contribution in [0.4, 0.5) is 4.39 Å². The van der Waals surface area contributed by atoms with Crippen molar-refractivity contribution in [3.63, 3.8) is 0 Å². The molecule has 0 unspecified atom stereocenters. The SMILES string of the molecule is Br.COc1c(F)cccc1C1(N=C=O)CCCC1. The summed E-state index contributed by atoms with van der Waals surface area (Å²) < 4.78 is 18.7. The Bertz CT molecular complexity index is 466. The summed E-state index contributed by atoms with van der Waals surface area (Å²) in [6.07, 6.45) is 5.05. The lowest BCUT2D eigenvalue weighted by Crippen LogP contribution is -2.20. The second-order valence-corrected chi connectivity index (χ2v) is 4.26. The van der Waals surface area contributed by atoms with Crippen molar-refractivity contribution in [3.05, 3.63) is 29.6 Å². The second-order valence-electron chi connectivity index (χ2n) is 4.26. The highest BCUT2D eigenvalue weighted by Crippen LogP contribution is 2.46. The zero-order chi connectivity index (χ0) is 12.3. The van der Waals surface area contributed by atoms with Gasteiger partial charge < -0.3 is 4.74 Å². The van der Waals surface area contributed by atoms with Crippen LogP contribution in [0.1, 0.15) is 31.2 Å². The minimum absolute atomic E-state index is 0. The maximum Gasteiger partial charge on any atom is 0.235 e. The van der Waals surface area contributed by atoms with Crippen molar-refractivity contribution in [3.8, 4) is 5.75 Å². The number of isocyanates is 1. The van der Waals surface area contributed by atoms with Crippen molar-refractivity contribution in [1.82, 2.24) is 0 Å². The molecule has 0 heterocycles. The third-order valence-electron chi connectivity index (χ3n) is 3.36. The van der Waals surface area contributed by atoms with Gasteiger partial charge >= 0.3 is 0 Å². The molecule has 98 valence electrons. The molecule has 18 heavy (non-hydrogen) atoms. The number of carbonyl (C=O) groups excluding carboxylic acids is 1. The summed E-state index contributed by atoms with van der Waals surface area (Å²) in [6.45, 7) is 0. The van der Waals surface area contributed by atoms with Gasteiger partial charge in [0.2, 0.25) is 6.08 Å². The van der Waals surface area contributed by atoms with Crippen LogP contribution in [0, 0.1) is 5.82 Å². The molecule has 0 N–H and O–H groups in total. The Balaban J connectivity index is 0.00000162. The highest BCUT2D eigenvalue weighted by molar-refractivity contribution is 8.93. The number of rotatable bonds is 3. The van der Waals surface area contributed by atoms with Gasteiger partial charge in [0.1, 0.15) is 5.54 Å². The number of methoxy groups -OCH3 is 1. The van der Waals surface area contributed by atoms with Crippen LogP contribution in [0.15, 0.2) is 23.2 Å². The Morgan fingerprint density at radius 2 is 2.06 bits per heavy atom. The molecular formula is C13H15BrFNO2. The topological polar surface area (TPSA) is 38.7 Å². The molecule has 0 aliphatic heterocycles. The van der Waals surface area contributed by atoms with Crippen LogP contribution >= 0.6 is 17.0 Å². The maximum absolute atomic E-state index is 13.6. The molecule has 2 rings (SSSR count). The highest BCUT2D eigenvalue weighted by atomic mass is 79.9. The van der Waals surface area contributed by atoms with Gasteiger partial charge in [-0.25, -0.2) is 9.18 Å². The van der Waals surface area contributed by atoms with E-state index in [4.69, 9.17) is 4.74 Å². The van der Waals surface area contributed by atoms with Crippen LogP contribution in [0.5, 0.6) is 5.75 Å². The molecular weight excluding hydrogens is 301 g/mol. The lowest BCUT2D eigenvalue weighted by Gasteiger charge is -2.25. The van der Waals surface area contributed by atoms with Crippen molar-refractivity contribution in [2.75, 3.05) is 7.11 Å². The number of halogens is 2. The Labute approximate surface area is 116 Å². The minimum atomic E-state index is -0.644. The van der Waals surface area contributed by atoms with Crippen molar-refractivity contribution in [2.45, 2.75) is 31.2 Å². The van der Waals surface area contributed by atoms with Gasteiger partial charge in [-0.15, -0.1) is 17.0 Å². The van der Waals surface area contributed by atoms with Gasteiger partial charge in [0.05, 0.1) is 7.11 Å². The summed E-state index contributed by atoms with van der Waals surface area (Å²) in [5.41, 5.74) is 0.00991. The van der Waals surface area contributed by atoms with Crippen molar-refractivity contribution >= 4 is 23.1 Å². The van der Waals surface area contributed by atoms with Crippen LogP contribution in [0.3, 0.4) is 0 Å². The molecule has 1 fully saturated rings. The van der Waals surface area contributed by atoms with Gasteiger partial charge in [-0.1, -0.05) is 25.0 Å². The van der Waals surface area contributed by atoms with Crippen LogP contribution in [0.2, 0.25) is 0 Å². The first kappa shape index (κ1) is 14.9. The van der Waals surface area contributed by atoms with Crippen molar-refractivity contribution < 1.29 is 13.9 Å². The fraction of sp³-hybridized carbons (Fsp3) is 0.462. The number of hydrogen-bond acceptors (Lipinski definition) is 3. The molecule has 0 amide bonds. The Morgan fingerprint density at radius 1 is 1.39 bits per heavy atom. The van der Waals surface area contributed by atoms with E-state index in [2.05, 4.69) is 4.99 Å². The van der Waals surface area contributed by atoms with E-state index in [1.807, 2.05) is 0 Å². The van der Waals surface area contributed by atoms with E-state index in [1.54, 1.807) is 18.2 Å². The molecule has 1 aromatic carbocycles. The Morgan fingerprint density at radius 3 is 2.61 bits per heavy atom. The van der Waals surface area contributed by atoms with E-state index in [0.717, 1.165) is 25.7 Å². The van der Waals surface area contributed by atoms with E-state index in [-0.39, 0.29) is 22.7 Å². The van der Waals surface area contributed by atoms with Crippen LogP contribution in [0.25, 0.3) is 0 Å². The van der Waals surface area contributed by atoms with Crippen LogP contribution in [-0.2, 0) is 10.3 Å². The van der Waals surface area contributed by atoms with Crippen LogP contribution < -0.4 is 4.74 Å². The molecule has 1 aliphatic carbocycles. The van der Waals surface area contributed by atoms with Gasteiger partial charge in [0, 0.05) is 5.56 Å². The molecule has 1 aliphatic rings. The quantitative estimate of drug-likeness (QED) is 0.632. The molecule has 1 saturated carbocycles. The smallest absolute Gasteiger partial charge is 0.235 e. The predicted molar refractivity (Wildman–Crippen MR) is 71.5 cm³/mol. The standard InChI is InChI=1S/C13H14FNO2.BrH/c1-17-12-10(5-4-6-11(12)14)13(15-9-16)7-2-3-8-13;/h4-6H,2-3,7-8H2,1H3;1H. The summed E-state index contributed by atoms with van der Waals surface area (Å²) in [4.78, 5) is 14.5. The fourth-order valence-electron chi connectivity index (χ4n) is 2.57. The average Bonchev–Trinajstić information content (AvgIpc) is 2.79. The number of aliphatic imine (C=N–C) groups is 1. The van der Waals surface area contributed by atoms with Crippen molar-refractivity contribution in [2.24, 2.45) is 4.99 Å². The number of para-hydroxylation sites is 1. The first-order chi connectivity index (χ1) is 8.23. The van der Waals surface area contributed by atoms with E-state index < -0.39 is 11.4 Å².